The van der Waals surface area contributed by atoms with Crippen LogP contribution in [0.25, 0.3) is 0 Å². The third-order valence-corrected chi connectivity index (χ3v) is 6.87. The minimum absolute atomic E-state index is 0.104. The second-order valence-corrected chi connectivity index (χ2v) is 9.41. The molecule has 1 aromatic heterocycles. The lowest BCUT2D eigenvalue weighted by Gasteiger charge is -2.21. The van der Waals surface area contributed by atoms with E-state index in [2.05, 4.69) is 16.8 Å². The van der Waals surface area contributed by atoms with Gasteiger partial charge < -0.3 is 10.2 Å². The first-order valence-electron chi connectivity index (χ1n) is 8.40. The van der Waals surface area contributed by atoms with E-state index >= 15 is 0 Å². The first kappa shape index (κ1) is 20.6. The smallest absolute Gasteiger partial charge is 0.279 e. The number of nitrogens with zero attached hydrogens (tertiary/aromatic N) is 1. The zero-order valence-electron chi connectivity index (χ0n) is 15.5. The topological polar surface area (TPSA) is 70.9 Å². The van der Waals surface area contributed by atoms with E-state index in [1.165, 1.54) is 22.0 Å². The molecule has 0 saturated heterocycles. The number of rotatable bonds is 8. The van der Waals surface area contributed by atoms with Gasteiger partial charge in [-0.2, -0.15) is 15.6 Å². The quantitative estimate of drug-likeness (QED) is 0.709. The molecule has 0 spiro atoms. The Labute approximate surface area is 159 Å². The molecular formula is C18H26N3O3S2+. The minimum Gasteiger partial charge on any atom is -0.326 e. The summed E-state index contributed by atoms with van der Waals surface area (Å²) in [6.07, 6.45) is 0. The van der Waals surface area contributed by atoms with Crippen molar-refractivity contribution < 1.29 is 18.1 Å². The van der Waals surface area contributed by atoms with E-state index in [1.807, 2.05) is 26.3 Å². The van der Waals surface area contributed by atoms with Gasteiger partial charge in [0, 0.05) is 24.3 Å². The molecule has 1 aromatic carbocycles. The number of sulfonamides is 1. The standard InChI is InChI=1S/C18H25N3O3S2/c1-14(2)21(4)26(23,24)17-7-5-16(6-8-17)19-18(22)12-20(3)11-15-9-10-25-13-15/h5-10,13-14H,11-12H2,1-4H3,(H,19,22)/p+1. The second-order valence-electron chi connectivity index (χ2n) is 6.63. The summed E-state index contributed by atoms with van der Waals surface area (Å²) in [5.74, 6) is -0.104. The molecule has 2 N–H and O–H groups in total. The van der Waals surface area contributed by atoms with Crippen molar-refractivity contribution in [3.63, 3.8) is 0 Å². The number of carbonyl (C=O) groups is 1. The molecule has 1 unspecified atom stereocenters. The van der Waals surface area contributed by atoms with Gasteiger partial charge in [0.05, 0.1) is 11.9 Å². The monoisotopic (exact) mass is 396 g/mol. The summed E-state index contributed by atoms with van der Waals surface area (Å²) < 4.78 is 26.2. The number of likely N-dealkylation sites (N-methyl/N-ethyl adjacent to an activating group) is 1. The molecule has 1 heterocycles. The highest BCUT2D eigenvalue weighted by Gasteiger charge is 2.23. The molecule has 0 radical (unpaired) electrons. The van der Waals surface area contributed by atoms with Crippen molar-refractivity contribution in [1.82, 2.24) is 4.31 Å². The largest absolute Gasteiger partial charge is 0.326 e. The lowest BCUT2D eigenvalue weighted by atomic mass is 10.3. The summed E-state index contributed by atoms with van der Waals surface area (Å²) in [4.78, 5) is 13.5. The molecular weight excluding hydrogens is 370 g/mol. The number of hydrogen-bond acceptors (Lipinski definition) is 4. The molecule has 1 amide bonds. The van der Waals surface area contributed by atoms with Crippen molar-refractivity contribution in [2.45, 2.75) is 31.3 Å². The molecule has 0 aliphatic carbocycles. The van der Waals surface area contributed by atoms with Crippen molar-refractivity contribution in [2.24, 2.45) is 0 Å². The Morgan fingerprint density at radius 2 is 1.88 bits per heavy atom. The predicted octanol–water partition coefficient (Wildman–Crippen LogP) is 1.43. The van der Waals surface area contributed by atoms with Gasteiger partial charge in [-0.05, 0) is 54.9 Å². The van der Waals surface area contributed by atoms with Crippen molar-refractivity contribution in [3.05, 3.63) is 46.7 Å². The first-order chi connectivity index (χ1) is 12.2. The van der Waals surface area contributed by atoms with Gasteiger partial charge in [-0.1, -0.05) is 0 Å². The Morgan fingerprint density at radius 1 is 1.23 bits per heavy atom. The molecule has 1 atom stereocenters. The molecule has 0 aliphatic rings. The Hall–Kier alpha value is -1.74. The normalized spacial score (nSPS) is 13.2. The summed E-state index contributed by atoms with van der Waals surface area (Å²) in [7, 11) is 0.0102. The number of nitrogens with one attached hydrogen (secondary N) is 2. The molecule has 0 aliphatic heterocycles. The fourth-order valence-corrected chi connectivity index (χ4v) is 4.47. The van der Waals surface area contributed by atoms with E-state index < -0.39 is 10.0 Å². The number of amides is 1. The van der Waals surface area contributed by atoms with Crippen LogP contribution >= 0.6 is 11.3 Å². The number of thiophene rings is 1. The molecule has 142 valence electrons. The van der Waals surface area contributed by atoms with Crippen LogP contribution in [0, 0.1) is 0 Å². The first-order valence-corrected chi connectivity index (χ1v) is 10.8. The van der Waals surface area contributed by atoms with Crippen molar-refractivity contribution in [1.29, 1.82) is 0 Å². The molecule has 2 aromatic rings. The molecule has 0 bridgehead atoms. The van der Waals surface area contributed by atoms with Crippen LogP contribution in [0.4, 0.5) is 5.69 Å². The SMILES string of the molecule is CC(C)N(C)S(=O)(=O)c1ccc(NC(=O)C[NH+](C)Cc2ccsc2)cc1. The Balaban J connectivity index is 1.95. The van der Waals surface area contributed by atoms with Gasteiger partial charge in [-0.25, -0.2) is 8.42 Å². The van der Waals surface area contributed by atoms with Crippen LogP contribution in [0.1, 0.15) is 19.4 Å². The van der Waals surface area contributed by atoms with Gasteiger partial charge in [0.25, 0.3) is 5.91 Å². The van der Waals surface area contributed by atoms with Gasteiger partial charge in [0.1, 0.15) is 6.54 Å². The molecule has 0 saturated carbocycles. The van der Waals surface area contributed by atoms with Crippen LogP contribution in [0.5, 0.6) is 0 Å². The Kier molecular flexibility index (Phi) is 6.94. The third kappa shape index (κ3) is 5.38. The molecule has 26 heavy (non-hydrogen) atoms. The van der Waals surface area contributed by atoms with Crippen LogP contribution in [0.3, 0.4) is 0 Å². The Bertz CT molecular complexity index is 816. The average Bonchev–Trinajstić information content (AvgIpc) is 3.07. The van der Waals surface area contributed by atoms with Crippen molar-refractivity contribution in [3.8, 4) is 0 Å². The highest BCUT2D eigenvalue weighted by atomic mass is 32.2. The summed E-state index contributed by atoms with van der Waals surface area (Å²) in [5, 5.41) is 6.92. The van der Waals surface area contributed by atoms with Gasteiger partial charge in [-0.3, -0.25) is 4.79 Å². The van der Waals surface area contributed by atoms with Gasteiger partial charge in [0.15, 0.2) is 6.54 Å². The van der Waals surface area contributed by atoms with E-state index in [0.29, 0.717) is 12.2 Å². The number of hydrogen-bond donors (Lipinski definition) is 2. The van der Waals surface area contributed by atoms with E-state index in [9.17, 15) is 13.2 Å². The number of anilines is 1. The molecule has 6 nitrogen and oxygen atoms in total. The lowest BCUT2D eigenvalue weighted by molar-refractivity contribution is -0.885. The maximum atomic E-state index is 12.4. The lowest BCUT2D eigenvalue weighted by Crippen LogP contribution is -3.08. The van der Waals surface area contributed by atoms with Crippen LogP contribution in [-0.4, -0.2) is 45.3 Å². The van der Waals surface area contributed by atoms with Crippen LogP contribution in [-0.2, 0) is 21.4 Å². The second kappa shape index (κ2) is 8.77. The van der Waals surface area contributed by atoms with Gasteiger partial charge in [0.2, 0.25) is 10.0 Å². The number of quaternary nitrogens is 1. The fraction of sp³-hybridized carbons (Fsp3) is 0.389. The molecule has 0 fully saturated rings. The Morgan fingerprint density at radius 3 is 2.42 bits per heavy atom. The van der Waals surface area contributed by atoms with Gasteiger partial charge in [-0.15, -0.1) is 0 Å². The number of benzene rings is 1. The van der Waals surface area contributed by atoms with E-state index in [1.54, 1.807) is 30.5 Å². The van der Waals surface area contributed by atoms with Crippen LogP contribution in [0.15, 0.2) is 46.0 Å². The van der Waals surface area contributed by atoms with E-state index in [-0.39, 0.29) is 16.8 Å². The van der Waals surface area contributed by atoms with E-state index in [4.69, 9.17) is 0 Å². The zero-order valence-corrected chi connectivity index (χ0v) is 17.2. The fourth-order valence-electron chi connectivity index (χ4n) is 2.44. The molecule has 2 rings (SSSR count). The summed E-state index contributed by atoms with van der Waals surface area (Å²) in [6, 6.07) is 8.21. The highest BCUT2D eigenvalue weighted by Crippen LogP contribution is 2.18. The summed E-state index contributed by atoms with van der Waals surface area (Å²) in [6.45, 7) is 4.77. The van der Waals surface area contributed by atoms with Gasteiger partial charge >= 0.3 is 0 Å². The summed E-state index contributed by atoms with van der Waals surface area (Å²) >= 11 is 1.64. The third-order valence-electron chi connectivity index (χ3n) is 4.09. The predicted molar refractivity (Wildman–Crippen MR) is 105 cm³/mol. The minimum atomic E-state index is -3.51. The van der Waals surface area contributed by atoms with E-state index in [0.717, 1.165) is 11.4 Å². The average molecular weight is 397 g/mol. The van der Waals surface area contributed by atoms with Crippen molar-refractivity contribution >= 4 is 33.0 Å². The number of carbonyl (C=O) groups excluding carboxylic acids is 1. The maximum Gasteiger partial charge on any atom is 0.279 e. The molecule has 8 heteroatoms. The maximum absolute atomic E-state index is 12.4. The zero-order chi connectivity index (χ0) is 19.3. The van der Waals surface area contributed by atoms with Crippen molar-refractivity contribution in [2.75, 3.05) is 26.0 Å². The highest BCUT2D eigenvalue weighted by molar-refractivity contribution is 7.89. The van der Waals surface area contributed by atoms with Crippen LogP contribution in [0.2, 0.25) is 0 Å². The summed E-state index contributed by atoms with van der Waals surface area (Å²) in [5.41, 5.74) is 1.80. The van der Waals surface area contributed by atoms with Crippen LogP contribution < -0.4 is 10.2 Å².